The predicted molar refractivity (Wildman–Crippen MR) is 160 cm³/mol. The van der Waals surface area contributed by atoms with Crippen LogP contribution in [0, 0.1) is 11.3 Å². The number of Topliss-reactive ketones (excluding diaryl/α,β-unsaturated/α-hetero) is 1. The van der Waals surface area contributed by atoms with Crippen LogP contribution in [-0.4, -0.2) is 22.0 Å². The molecule has 0 spiro atoms. The fraction of sp³-hybridized carbons (Fsp3) is 0.250. The Morgan fingerprint density at radius 3 is 2.45 bits per heavy atom. The highest BCUT2D eigenvalue weighted by Gasteiger charge is 2.20. The van der Waals surface area contributed by atoms with E-state index in [9.17, 15) is 19.6 Å². The van der Waals surface area contributed by atoms with E-state index in [4.69, 9.17) is 4.74 Å². The van der Waals surface area contributed by atoms with E-state index in [1.54, 1.807) is 23.6 Å². The number of ketones is 1. The van der Waals surface area contributed by atoms with Gasteiger partial charge in [-0.1, -0.05) is 68.5 Å². The molecule has 204 valence electrons. The molecule has 0 bridgehead atoms. The van der Waals surface area contributed by atoms with E-state index in [0.717, 1.165) is 39.0 Å². The number of aryl methyl sites for hydroxylation is 1. The van der Waals surface area contributed by atoms with Crippen molar-refractivity contribution in [3.8, 4) is 17.2 Å². The van der Waals surface area contributed by atoms with E-state index in [1.165, 1.54) is 18.4 Å². The number of hydrogen-bond donors (Lipinski definition) is 0. The van der Waals surface area contributed by atoms with Gasteiger partial charge in [-0.25, -0.2) is 4.79 Å². The van der Waals surface area contributed by atoms with Crippen LogP contribution in [0.3, 0.4) is 0 Å². The molecule has 0 aliphatic carbocycles. The summed E-state index contributed by atoms with van der Waals surface area (Å²) in [5, 5.41) is 9.89. The summed E-state index contributed by atoms with van der Waals surface area (Å²) in [5.74, 6) is 0.0478. The maximum absolute atomic E-state index is 13.8. The Morgan fingerprint density at radius 2 is 1.80 bits per heavy atom. The zero-order chi connectivity index (χ0) is 28.8. The number of aromatic nitrogens is 2. The summed E-state index contributed by atoms with van der Waals surface area (Å²) in [4.78, 5) is 42.1. The number of fused-ring (bicyclic) bond motifs is 1. The normalized spacial score (nSPS) is 12.0. The third-order valence-corrected chi connectivity index (χ3v) is 8.06. The average molecular weight is 554 g/mol. The molecule has 0 aliphatic rings. The van der Waals surface area contributed by atoms with Gasteiger partial charge in [0.25, 0.3) is 5.56 Å². The molecule has 7 nitrogen and oxygen atoms in total. The minimum Gasteiger partial charge on any atom is -0.501 e. The summed E-state index contributed by atoms with van der Waals surface area (Å²) < 4.78 is 7.89. The third kappa shape index (κ3) is 5.75. The molecule has 0 fully saturated rings. The molecule has 0 unspecified atom stereocenters. The first kappa shape index (κ1) is 28.5. The molecule has 0 amide bonds. The molecule has 0 saturated heterocycles. The summed E-state index contributed by atoms with van der Waals surface area (Å²) in [7, 11) is 1.48. The number of nitriles is 1. The number of methoxy groups -OCH3 is 1. The highest BCUT2D eigenvalue weighted by Crippen LogP contribution is 2.26. The van der Waals surface area contributed by atoms with E-state index < -0.39 is 11.2 Å². The fourth-order valence-corrected chi connectivity index (χ4v) is 5.57. The first-order valence-corrected chi connectivity index (χ1v) is 13.9. The van der Waals surface area contributed by atoms with Gasteiger partial charge in [-0.15, -0.1) is 11.3 Å². The van der Waals surface area contributed by atoms with Gasteiger partial charge >= 0.3 is 5.69 Å². The molecule has 0 N–H and O–H groups in total. The number of rotatable bonds is 10. The van der Waals surface area contributed by atoms with Gasteiger partial charge in [0.1, 0.15) is 10.6 Å². The van der Waals surface area contributed by atoms with E-state index in [-0.39, 0.29) is 18.9 Å². The van der Waals surface area contributed by atoms with Crippen molar-refractivity contribution >= 4 is 27.3 Å². The molecule has 0 aliphatic heterocycles. The Bertz CT molecular complexity index is 1780. The number of carbonyl (C=O) groups excluding carboxylic acids is 1. The van der Waals surface area contributed by atoms with Crippen molar-refractivity contribution in [2.75, 3.05) is 7.11 Å². The minimum absolute atomic E-state index is 0.225. The second-order valence-electron chi connectivity index (χ2n) is 9.31. The summed E-state index contributed by atoms with van der Waals surface area (Å²) in [6.45, 7) is 5.47. The van der Waals surface area contributed by atoms with Crippen molar-refractivity contribution < 1.29 is 9.53 Å². The van der Waals surface area contributed by atoms with Gasteiger partial charge in [0.05, 0.1) is 42.8 Å². The Kier molecular flexibility index (Phi) is 8.97. The van der Waals surface area contributed by atoms with E-state index in [1.807, 2.05) is 68.5 Å². The van der Waals surface area contributed by atoms with Crippen molar-refractivity contribution in [1.82, 2.24) is 9.13 Å². The highest BCUT2D eigenvalue weighted by atomic mass is 32.1. The van der Waals surface area contributed by atoms with Gasteiger partial charge in [0, 0.05) is 4.88 Å². The van der Waals surface area contributed by atoms with Crippen molar-refractivity contribution in [3.63, 3.8) is 0 Å². The van der Waals surface area contributed by atoms with Crippen LogP contribution in [0.2, 0.25) is 0 Å². The van der Waals surface area contributed by atoms with Crippen LogP contribution in [0.4, 0.5) is 0 Å². The Morgan fingerprint density at radius 1 is 1.07 bits per heavy atom. The quantitative estimate of drug-likeness (QED) is 0.140. The molecule has 2 aromatic heterocycles. The first-order valence-electron chi connectivity index (χ1n) is 13.1. The first-order chi connectivity index (χ1) is 19.3. The van der Waals surface area contributed by atoms with Crippen LogP contribution < -0.4 is 11.2 Å². The van der Waals surface area contributed by atoms with Crippen molar-refractivity contribution in [2.24, 2.45) is 0 Å². The molecule has 8 heteroatoms. The number of hydrogen-bond acceptors (Lipinski definition) is 6. The maximum Gasteiger partial charge on any atom is 0.332 e. The lowest BCUT2D eigenvalue weighted by Gasteiger charge is -2.13. The number of allylic oxidation sites excluding steroid dienone is 4. The molecule has 4 rings (SSSR count). The van der Waals surface area contributed by atoms with E-state index in [2.05, 4.69) is 6.07 Å². The molecule has 40 heavy (non-hydrogen) atoms. The van der Waals surface area contributed by atoms with Gasteiger partial charge in [0.2, 0.25) is 0 Å². The lowest BCUT2D eigenvalue weighted by Crippen LogP contribution is -2.41. The molecular weight excluding hydrogens is 522 g/mol. The van der Waals surface area contributed by atoms with E-state index >= 15 is 0 Å². The Hall–Kier alpha value is -4.48. The molecule has 0 atom stereocenters. The molecule has 0 radical (unpaired) electrons. The van der Waals surface area contributed by atoms with Crippen molar-refractivity contribution in [1.29, 1.82) is 5.26 Å². The van der Waals surface area contributed by atoms with Crippen LogP contribution in [0.1, 0.15) is 43.2 Å². The number of thiophene rings is 1. The van der Waals surface area contributed by atoms with Crippen molar-refractivity contribution in [2.45, 2.75) is 46.7 Å². The van der Waals surface area contributed by atoms with Crippen LogP contribution >= 0.6 is 11.3 Å². The monoisotopic (exact) mass is 553 g/mol. The number of benzene rings is 2. The summed E-state index contributed by atoms with van der Waals surface area (Å²) >= 11 is 1.42. The minimum atomic E-state index is -0.539. The maximum atomic E-state index is 13.8. The third-order valence-electron chi connectivity index (χ3n) is 6.76. The lowest BCUT2D eigenvalue weighted by molar-refractivity contribution is -0.116. The average Bonchev–Trinajstić information content (AvgIpc) is 3.42. The standard InChI is InChI=1S/C32H31N3O4S/c1-5-7-11-26(21(3)39-4)29(36)20-34-30(37)28-17-25(6-2)40-31(28)35(32(34)38)19-22-13-15-23(16-14-22)27-12-9-8-10-24(27)18-33/h7-17H,5-6,19-20H2,1-4H3/b11-7-,26-21-. The molecule has 2 heterocycles. The SMILES string of the molecule is CC/C=C\C(C(=O)Cn1c(=O)c2cc(CC)sc2n(Cc2ccc(-c3ccccc3C#N)cc2)c1=O)=C(/C)OC. The largest absolute Gasteiger partial charge is 0.501 e. The number of nitrogens with zero attached hydrogens (tertiary/aromatic N) is 3. The van der Waals surface area contributed by atoms with Crippen molar-refractivity contribution in [3.05, 3.63) is 115 Å². The van der Waals surface area contributed by atoms with E-state index in [0.29, 0.717) is 27.1 Å². The summed E-state index contributed by atoms with van der Waals surface area (Å²) in [6, 6.07) is 19.1. The second-order valence-corrected chi connectivity index (χ2v) is 10.4. The number of ether oxygens (including phenoxy) is 1. The molecule has 4 aromatic rings. The van der Waals surface area contributed by atoms with Crippen LogP contribution in [-0.2, 0) is 29.0 Å². The predicted octanol–water partition coefficient (Wildman–Crippen LogP) is 5.83. The van der Waals surface area contributed by atoms with Gasteiger partial charge in [-0.3, -0.25) is 18.7 Å². The molecular formula is C32H31N3O4S. The smallest absolute Gasteiger partial charge is 0.332 e. The van der Waals surface area contributed by atoms with Gasteiger partial charge in [0.15, 0.2) is 5.78 Å². The van der Waals surface area contributed by atoms with Gasteiger partial charge in [-0.05, 0) is 48.6 Å². The Balaban J connectivity index is 1.78. The summed E-state index contributed by atoms with van der Waals surface area (Å²) in [6.07, 6.45) is 4.96. The van der Waals surface area contributed by atoms with Gasteiger partial charge < -0.3 is 4.74 Å². The fourth-order valence-electron chi connectivity index (χ4n) is 4.49. The molecule has 2 aromatic carbocycles. The summed E-state index contributed by atoms with van der Waals surface area (Å²) in [5.41, 5.74) is 2.48. The topological polar surface area (TPSA) is 94.1 Å². The lowest BCUT2D eigenvalue weighted by atomic mass is 9.99. The zero-order valence-electron chi connectivity index (χ0n) is 23.1. The zero-order valence-corrected chi connectivity index (χ0v) is 23.9. The number of carbonyl (C=O) groups is 1. The molecule has 0 saturated carbocycles. The van der Waals surface area contributed by atoms with Crippen LogP contribution in [0.5, 0.6) is 0 Å². The van der Waals surface area contributed by atoms with Crippen LogP contribution in [0.15, 0.2) is 87.7 Å². The second kappa shape index (κ2) is 12.6. The highest BCUT2D eigenvalue weighted by molar-refractivity contribution is 7.18. The Labute approximate surface area is 236 Å². The van der Waals surface area contributed by atoms with Gasteiger partial charge in [-0.2, -0.15) is 5.26 Å². The van der Waals surface area contributed by atoms with Crippen LogP contribution in [0.25, 0.3) is 21.3 Å².